The fraction of sp³-hybridized carbons (Fsp3) is 0.619. The van der Waals surface area contributed by atoms with Crippen molar-refractivity contribution in [1.29, 1.82) is 0 Å². The van der Waals surface area contributed by atoms with Crippen LogP contribution in [0.4, 0.5) is 5.69 Å². The molecule has 2 heterocycles. The average molecular weight is 532 g/mol. The van der Waals surface area contributed by atoms with Gasteiger partial charge >= 0.3 is 0 Å². The van der Waals surface area contributed by atoms with Crippen LogP contribution in [0.15, 0.2) is 29.3 Å². The highest BCUT2D eigenvalue weighted by molar-refractivity contribution is 14.0. The Balaban J connectivity index is 0.00000300. The summed E-state index contributed by atoms with van der Waals surface area (Å²) in [5, 5.41) is 7.00. The first kappa shape index (κ1) is 24.1. The van der Waals surface area contributed by atoms with Crippen LogP contribution in [0.25, 0.3) is 0 Å². The summed E-state index contributed by atoms with van der Waals surface area (Å²) in [6.45, 7) is 12.4. The van der Waals surface area contributed by atoms with Gasteiger partial charge in [0.05, 0.1) is 13.1 Å². The van der Waals surface area contributed by atoms with Gasteiger partial charge < -0.3 is 20.4 Å². The molecule has 2 aliphatic heterocycles. The summed E-state index contributed by atoms with van der Waals surface area (Å²) < 4.78 is 0. The summed E-state index contributed by atoms with van der Waals surface area (Å²) in [5.41, 5.74) is 2.29. The quantitative estimate of drug-likeness (QED) is 0.348. The summed E-state index contributed by atoms with van der Waals surface area (Å²) in [6, 6.07) is 8.45. The summed E-state index contributed by atoms with van der Waals surface area (Å²) in [4.78, 5) is 21.0. The second-order valence-electron chi connectivity index (χ2n) is 7.71. The van der Waals surface area contributed by atoms with E-state index in [1.54, 1.807) is 0 Å². The van der Waals surface area contributed by atoms with Gasteiger partial charge in [-0.1, -0.05) is 26.0 Å². The van der Waals surface area contributed by atoms with E-state index in [1.807, 2.05) is 0 Å². The second-order valence-corrected chi connectivity index (χ2v) is 9.05. The first-order valence-corrected chi connectivity index (χ1v) is 11.4. The highest BCUT2D eigenvalue weighted by Crippen LogP contribution is 2.25. The van der Waals surface area contributed by atoms with Crippen molar-refractivity contribution in [2.75, 3.05) is 49.9 Å². The number of anilines is 1. The molecule has 0 spiro atoms. The maximum atomic E-state index is 11.6. The van der Waals surface area contributed by atoms with Crippen molar-refractivity contribution in [3.63, 3.8) is 0 Å². The monoisotopic (exact) mass is 531 g/mol. The summed E-state index contributed by atoms with van der Waals surface area (Å²) in [6.07, 6.45) is 0. The van der Waals surface area contributed by atoms with Crippen LogP contribution in [0.5, 0.6) is 0 Å². The summed E-state index contributed by atoms with van der Waals surface area (Å²) in [5.74, 6) is 2.95. The number of hydrogen-bond donors (Lipinski definition) is 2. The number of benzene rings is 1. The lowest BCUT2D eigenvalue weighted by molar-refractivity contribution is -0.120. The fourth-order valence-electron chi connectivity index (χ4n) is 3.53. The Morgan fingerprint density at radius 1 is 1.31 bits per heavy atom. The van der Waals surface area contributed by atoms with Gasteiger partial charge in [0.25, 0.3) is 0 Å². The molecule has 8 heteroatoms. The van der Waals surface area contributed by atoms with Crippen LogP contribution in [-0.4, -0.2) is 67.0 Å². The van der Waals surface area contributed by atoms with E-state index in [0.29, 0.717) is 30.8 Å². The number of amides is 1. The number of halogens is 1. The van der Waals surface area contributed by atoms with E-state index in [0.717, 1.165) is 43.6 Å². The third kappa shape index (κ3) is 6.94. The summed E-state index contributed by atoms with van der Waals surface area (Å²) >= 11 is 2.08. The molecule has 3 rings (SSSR count). The van der Waals surface area contributed by atoms with Gasteiger partial charge in [0.2, 0.25) is 5.91 Å². The molecule has 2 aliphatic rings. The molecule has 1 atom stereocenters. The zero-order valence-electron chi connectivity index (χ0n) is 17.7. The van der Waals surface area contributed by atoms with Crippen molar-refractivity contribution in [1.82, 2.24) is 15.5 Å². The van der Waals surface area contributed by atoms with E-state index < -0.39 is 0 Å². The highest BCUT2D eigenvalue weighted by Gasteiger charge is 2.24. The van der Waals surface area contributed by atoms with Crippen LogP contribution in [0.3, 0.4) is 0 Å². The van der Waals surface area contributed by atoms with Gasteiger partial charge in [-0.2, -0.15) is 11.8 Å². The van der Waals surface area contributed by atoms with Gasteiger partial charge in [-0.15, -0.1) is 24.0 Å². The van der Waals surface area contributed by atoms with Crippen LogP contribution in [0, 0.1) is 5.92 Å². The standard InChI is InChI=1S/C21H33N5OS.HI/c1-4-22-21(26-11-12-28-19(14-26)16(2)3)24-13-17-5-7-18(8-6-17)25-10-9-23-20(27)15-25;/h5-8,16,19H,4,9-15H2,1-3H3,(H,22,24)(H,23,27);1H. The topological polar surface area (TPSA) is 60.0 Å². The molecule has 1 aromatic rings. The molecule has 29 heavy (non-hydrogen) atoms. The van der Waals surface area contributed by atoms with E-state index in [2.05, 4.69) is 77.2 Å². The minimum Gasteiger partial charge on any atom is -0.360 e. The van der Waals surface area contributed by atoms with Crippen molar-refractivity contribution < 1.29 is 4.79 Å². The minimum atomic E-state index is 0. The van der Waals surface area contributed by atoms with Crippen molar-refractivity contribution in [3.8, 4) is 0 Å². The molecule has 1 aromatic carbocycles. The number of guanidine groups is 1. The smallest absolute Gasteiger partial charge is 0.239 e. The van der Waals surface area contributed by atoms with Crippen molar-refractivity contribution >= 4 is 53.3 Å². The van der Waals surface area contributed by atoms with Gasteiger partial charge in [0.1, 0.15) is 0 Å². The van der Waals surface area contributed by atoms with Crippen molar-refractivity contribution in [2.45, 2.75) is 32.6 Å². The Morgan fingerprint density at radius 2 is 2.07 bits per heavy atom. The molecule has 2 N–H and O–H groups in total. The highest BCUT2D eigenvalue weighted by atomic mass is 127. The number of rotatable bonds is 5. The zero-order valence-corrected chi connectivity index (χ0v) is 20.8. The van der Waals surface area contributed by atoms with Crippen LogP contribution in [-0.2, 0) is 11.3 Å². The Bertz CT molecular complexity index is 682. The number of hydrogen-bond acceptors (Lipinski definition) is 4. The van der Waals surface area contributed by atoms with E-state index in [1.165, 1.54) is 5.56 Å². The molecule has 6 nitrogen and oxygen atoms in total. The predicted octanol–water partition coefficient (Wildman–Crippen LogP) is 2.78. The molecule has 1 unspecified atom stereocenters. The Hall–Kier alpha value is -1.16. The number of nitrogens with one attached hydrogen (secondary N) is 2. The fourth-order valence-corrected chi connectivity index (χ4v) is 4.83. The number of nitrogens with zero attached hydrogens (tertiary/aromatic N) is 3. The second kappa shape index (κ2) is 11.9. The molecular weight excluding hydrogens is 497 g/mol. The summed E-state index contributed by atoms with van der Waals surface area (Å²) in [7, 11) is 0. The van der Waals surface area contributed by atoms with Gasteiger partial charge in [-0.25, -0.2) is 4.99 Å². The molecule has 1 amide bonds. The molecule has 0 bridgehead atoms. The number of thioether (sulfide) groups is 1. The minimum absolute atomic E-state index is 0. The number of aliphatic imine (C=N–C) groups is 1. The molecule has 0 saturated carbocycles. The molecule has 162 valence electrons. The van der Waals surface area contributed by atoms with Crippen LogP contribution in [0.2, 0.25) is 0 Å². The first-order valence-electron chi connectivity index (χ1n) is 10.3. The number of carbonyl (C=O) groups is 1. The molecule has 0 aliphatic carbocycles. The van der Waals surface area contributed by atoms with Crippen LogP contribution in [0.1, 0.15) is 26.3 Å². The van der Waals surface area contributed by atoms with Gasteiger partial charge in [-0.05, 0) is 30.5 Å². The predicted molar refractivity (Wildman–Crippen MR) is 135 cm³/mol. The number of piperazine rings is 1. The molecule has 2 fully saturated rings. The van der Waals surface area contributed by atoms with Crippen LogP contribution < -0.4 is 15.5 Å². The Kier molecular flexibility index (Phi) is 9.88. The molecular formula is C21H34IN5OS. The first-order chi connectivity index (χ1) is 13.6. The lowest BCUT2D eigenvalue weighted by Gasteiger charge is -2.36. The maximum Gasteiger partial charge on any atom is 0.239 e. The van der Waals surface area contributed by atoms with Crippen LogP contribution >= 0.6 is 35.7 Å². The molecule has 2 saturated heterocycles. The van der Waals surface area contributed by atoms with Crippen molar-refractivity contribution in [3.05, 3.63) is 29.8 Å². The number of carbonyl (C=O) groups excluding carboxylic acids is 1. The van der Waals surface area contributed by atoms with Gasteiger partial charge in [-0.3, -0.25) is 4.79 Å². The SMILES string of the molecule is CCNC(=NCc1ccc(N2CCNC(=O)C2)cc1)N1CCSC(C(C)C)C1.I. The zero-order chi connectivity index (χ0) is 19.9. The van der Waals surface area contributed by atoms with E-state index in [-0.39, 0.29) is 29.9 Å². The van der Waals surface area contributed by atoms with E-state index >= 15 is 0 Å². The molecule has 0 aromatic heterocycles. The Morgan fingerprint density at radius 3 is 2.72 bits per heavy atom. The van der Waals surface area contributed by atoms with E-state index in [9.17, 15) is 4.79 Å². The van der Waals surface area contributed by atoms with E-state index in [4.69, 9.17) is 4.99 Å². The van der Waals surface area contributed by atoms with Gasteiger partial charge in [0, 0.05) is 49.4 Å². The largest absolute Gasteiger partial charge is 0.360 e. The normalized spacial score (nSPS) is 20.3. The lowest BCUT2D eigenvalue weighted by Crippen LogP contribution is -2.49. The third-order valence-corrected chi connectivity index (χ3v) is 6.76. The third-order valence-electron chi connectivity index (χ3n) is 5.22. The van der Waals surface area contributed by atoms with Gasteiger partial charge in [0.15, 0.2) is 5.96 Å². The average Bonchev–Trinajstić information content (AvgIpc) is 2.71. The Labute approximate surface area is 196 Å². The lowest BCUT2D eigenvalue weighted by atomic mass is 10.1. The maximum absolute atomic E-state index is 11.6. The molecule has 0 radical (unpaired) electrons. The van der Waals surface area contributed by atoms with Crippen molar-refractivity contribution in [2.24, 2.45) is 10.9 Å².